The predicted molar refractivity (Wildman–Crippen MR) is 75.3 cm³/mol. The molecule has 0 spiro atoms. The molecule has 1 unspecified atom stereocenters. The van der Waals surface area contributed by atoms with E-state index in [-0.39, 0.29) is 0 Å². The Balaban J connectivity index is 1.76. The highest BCUT2D eigenvalue weighted by molar-refractivity contribution is 5.53. The summed E-state index contributed by atoms with van der Waals surface area (Å²) in [6, 6.07) is 7.15. The number of fused-ring (bicyclic) bond motifs is 1. The van der Waals surface area contributed by atoms with Crippen molar-refractivity contribution in [2.45, 2.75) is 52.0 Å². The third-order valence-electron chi connectivity index (χ3n) is 4.54. The van der Waals surface area contributed by atoms with Gasteiger partial charge in [0.05, 0.1) is 6.61 Å². The van der Waals surface area contributed by atoms with Crippen LogP contribution in [0.1, 0.15) is 45.1 Å². The largest absolute Gasteiger partial charge is 0.493 e. The van der Waals surface area contributed by atoms with Crippen molar-refractivity contribution in [2.75, 3.05) is 11.9 Å². The normalized spacial score (nSPS) is 25.3. The maximum absolute atomic E-state index is 5.56. The van der Waals surface area contributed by atoms with E-state index in [0.29, 0.717) is 11.5 Å². The van der Waals surface area contributed by atoms with Gasteiger partial charge in [0.1, 0.15) is 5.75 Å². The number of rotatable bonds is 2. The number of benzene rings is 1. The van der Waals surface area contributed by atoms with Crippen molar-refractivity contribution in [2.24, 2.45) is 5.41 Å². The molecule has 3 rings (SSSR count). The van der Waals surface area contributed by atoms with E-state index in [9.17, 15) is 0 Å². The number of nitrogens with one attached hydrogen (secondary N) is 1. The highest BCUT2D eigenvalue weighted by atomic mass is 16.5. The van der Waals surface area contributed by atoms with E-state index in [2.05, 4.69) is 37.4 Å². The molecule has 0 bridgehead atoms. The highest BCUT2D eigenvalue weighted by Crippen LogP contribution is 2.38. The maximum atomic E-state index is 5.56. The molecule has 0 aromatic heterocycles. The zero-order valence-electron chi connectivity index (χ0n) is 11.5. The smallest absolute Gasteiger partial charge is 0.122 e. The van der Waals surface area contributed by atoms with Crippen LogP contribution in [0.3, 0.4) is 0 Å². The lowest BCUT2D eigenvalue weighted by Gasteiger charge is -2.39. The van der Waals surface area contributed by atoms with Crippen LogP contribution >= 0.6 is 0 Å². The van der Waals surface area contributed by atoms with Crippen LogP contribution in [0.5, 0.6) is 5.75 Å². The fourth-order valence-electron chi connectivity index (χ4n) is 3.24. The van der Waals surface area contributed by atoms with E-state index in [1.807, 2.05) is 0 Å². The standard InChI is InChI=1S/C16H23NO/c1-16(2)9-4-3-5-15(16)17-13-6-7-14-12(11-13)8-10-18-14/h6-7,11,15,17H,3-5,8-10H2,1-2H3. The molecule has 0 saturated heterocycles. The van der Waals surface area contributed by atoms with Crippen molar-refractivity contribution in [1.82, 2.24) is 0 Å². The van der Waals surface area contributed by atoms with E-state index < -0.39 is 0 Å². The molecular formula is C16H23NO. The molecule has 0 amide bonds. The number of anilines is 1. The van der Waals surface area contributed by atoms with Crippen molar-refractivity contribution in [1.29, 1.82) is 0 Å². The molecule has 1 saturated carbocycles. The van der Waals surface area contributed by atoms with Gasteiger partial charge in [0.2, 0.25) is 0 Å². The topological polar surface area (TPSA) is 21.3 Å². The van der Waals surface area contributed by atoms with Crippen molar-refractivity contribution in [3.05, 3.63) is 23.8 Å². The highest BCUT2D eigenvalue weighted by Gasteiger charge is 2.32. The van der Waals surface area contributed by atoms with Gasteiger partial charge in [0.25, 0.3) is 0 Å². The molecule has 1 atom stereocenters. The maximum Gasteiger partial charge on any atom is 0.122 e. The van der Waals surface area contributed by atoms with Crippen molar-refractivity contribution in [3.63, 3.8) is 0 Å². The lowest BCUT2D eigenvalue weighted by Crippen LogP contribution is -2.38. The van der Waals surface area contributed by atoms with E-state index in [1.54, 1.807) is 0 Å². The third kappa shape index (κ3) is 2.21. The van der Waals surface area contributed by atoms with Gasteiger partial charge in [-0.15, -0.1) is 0 Å². The Hall–Kier alpha value is -1.18. The number of hydrogen-bond acceptors (Lipinski definition) is 2. The van der Waals surface area contributed by atoms with Crippen molar-refractivity contribution >= 4 is 5.69 Å². The summed E-state index contributed by atoms with van der Waals surface area (Å²) in [5.41, 5.74) is 3.03. The zero-order valence-corrected chi connectivity index (χ0v) is 11.5. The molecular weight excluding hydrogens is 222 g/mol. The fraction of sp³-hybridized carbons (Fsp3) is 0.625. The summed E-state index contributed by atoms with van der Waals surface area (Å²) in [5.74, 6) is 1.07. The molecule has 2 nitrogen and oxygen atoms in total. The van der Waals surface area contributed by atoms with Gasteiger partial charge in [-0.3, -0.25) is 0 Å². The quantitative estimate of drug-likeness (QED) is 0.850. The van der Waals surface area contributed by atoms with Gasteiger partial charge in [-0.2, -0.15) is 0 Å². The second kappa shape index (κ2) is 4.49. The van der Waals surface area contributed by atoms with Gasteiger partial charge in [-0.25, -0.2) is 0 Å². The summed E-state index contributed by atoms with van der Waals surface area (Å²) < 4.78 is 5.56. The lowest BCUT2D eigenvalue weighted by molar-refractivity contribution is 0.217. The lowest BCUT2D eigenvalue weighted by atomic mass is 9.73. The van der Waals surface area contributed by atoms with Crippen LogP contribution in [0.4, 0.5) is 5.69 Å². The molecule has 1 heterocycles. The second-order valence-electron chi connectivity index (χ2n) is 6.35. The first-order chi connectivity index (χ1) is 8.65. The molecule has 2 heteroatoms. The molecule has 1 fully saturated rings. The average molecular weight is 245 g/mol. The van der Waals surface area contributed by atoms with E-state index in [0.717, 1.165) is 18.8 Å². The van der Waals surface area contributed by atoms with Crippen molar-refractivity contribution in [3.8, 4) is 5.75 Å². The summed E-state index contributed by atoms with van der Waals surface area (Å²) in [5, 5.41) is 3.75. The monoisotopic (exact) mass is 245 g/mol. The molecule has 1 aliphatic heterocycles. The van der Waals surface area contributed by atoms with Crippen LogP contribution in [0.25, 0.3) is 0 Å². The predicted octanol–water partition coefficient (Wildman–Crippen LogP) is 4.00. The van der Waals surface area contributed by atoms with Gasteiger partial charge < -0.3 is 10.1 Å². The Labute approximate surface area is 110 Å². The first kappa shape index (κ1) is 11.9. The Morgan fingerprint density at radius 1 is 1.28 bits per heavy atom. The summed E-state index contributed by atoms with van der Waals surface area (Å²) in [6.45, 7) is 5.62. The first-order valence-electron chi connectivity index (χ1n) is 7.17. The number of ether oxygens (including phenoxy) is 1. The van der Waals surface area contributed by atoms with Crippen LogP contribution in [0.2, 0.25) is 0 Å². The molecule has 2 aliphatic rings. The van der Waals surface area contributed by atoms with Gasteiger partial charge in [0.15, 0.2) is 0 Å². The SMILES string of the molecule is CC1(C)CCCCC1Nc1ccc2c(c1)CCO2. The third-order valence-corrected chi connectivity index (χ3v) is 4.54. The molecule has 1 N–H and O–H groups in total. The Kier molecular flexibility index (Phi) is 2.96. The average Bonchev–Trinajstić information content (AvgIpc) is 2.79. The second-order valence-corrected chi connectivity index (χ2v) is 6.35. The summed E-state index contributed by atoms with van der Waals surface area (Å²) in [7, 11) is 0. The Bertz CT molecular complexity index is 439. The van der Waals surface area contributed by atoms with Crippen LogP contribution in [-0.4, -0.2) is 12.6 Å². The van der Waals surface area contributed by atoms with E-state index in [4.69, 9.17) is 4.74 Å². The minimum Gasteiger partial charge on any atom is -0.493 e. The van der Waals surface area contributed by atoms with Crippen LogP contribution < -0.4 is 10.1 Å². The zero-order chi connectivity index (χ0) is 12.6. The molecule has 1 aromatic carbocycles. The summed E-state index contributed by atoms with van der Waals surface area (Å²) >= 11 is 0. The molecule has 18 heavy (non-hydrogen) atoms. The number of hydrogen-bond donors (Lipinski definition) is 1. The molecule has 1 aromatic rings. The summed E-state index contributed by atoms with van der Waals surface area (Å²) in [4.78, 5) is 0. The van der Waals surface area contributed by atoms with Gasteiger partial charge in [-0.1, -0.05) is 26.7 Å². The van der Waals surface area contributed by atoms with Crippen LogP contribution in [-0.2, 0) is 6.42 Å². The molecule has 98 valence electrons. The van der Waals surface area contributed by atoms with Crippen LogP contribution in [0.15, 0.2) is 18.2 Å². The molecule has 1 aliphatic carbocycles. The molecule has 0 radical (unpaired) electrons. The first-order valence-corrected chi connectivity index (χ1v) is 7.17. The van der Waals surface area contributed by atoms with Gasteiger partial charge in [0, 0.05) is 18.2 Å². The minimum absolute atomic E-state index is 0.410. The Morgan fingerprint density at radius 2 is 2.17 bits per heavy atom. The van der Waals surface area contributed by atoms with Gasteiger partial charge >= 0.3 is 0 Å². The minimum atomic E-state index is 0.410. The van der Waals surface area contributed by atoms with Gasteiger partial charge in [-0.05, 0) is 42.0 Å². The fourth-order valence-corrected chi connectivity index (χ4v) is 3.24. The Morgan fingerprint density at radius 3 is 3.00 bits per heavy atom. The van der Waals surface area contributed by atoms with Crippen molar-refractivity contribution < 1.29 is 4.74 Å². The van der Waals surface area contributed by atoms with E-state index >= 15 is 0 Å². The summed E-state index contributed by atoms with van der Waals surface area (Å²) in [6.07, 6.45) is 6.41. The van der Waals surface area contributed by atoms with Crippen LogP contribution in [0, 0.1) is 5.41 Å². The van der Waals surface area contributed by atoms with E-state index in [1.165, 1.54) is 36.9 Å².